The number of ether oxygens (including phenoxy) is 3. The Labute approximate surface area is 144 Å². The largest absolute Gasteiger partial charge is 0.493 e. The fourth-order valence-corrected chi connectivity index (χ4v) is 2.00. The summed E-state index contributed by atoms with van der Waals surface area (Å²) in [4.78, 5) is 25.7. The lowest BCUT2D eigenvalue weighted by molar-refractivity contribution is -0.120. The van der Waals surface area contributed by atoms with Gasteiger partial charge < -0.3 is 24.4 Å². The number of carbonyl (C=O) groups excluding carboxylic acids is 2. The Morgan fingerprint density at radius 1 is 1.17 bits per heavy atom. The van der Waals surface area contributed by atoms with E-state index in [1.807, 2.05) is 0 Å². The Morgan fingerprint density at radius 3 is 2.25 bits per heavy atom. The van der Waals surface area contributed by atoms with Crippen molar-refractivity contribution in [1.29, 1.82) is 0 Å². The lowest BCUT2D eigenvalue weighted by atomic mass is 10.2. The molecule has 1 aromatic rings. The van der Waals surface area contributed by atoms with Crippen LogP contribution in [0.25, 0.3) is 0 Å². The monoisotopic (exact) mass is 340 g/mol. The molecule has 7 nitrogen and oxygen atoms in total. The minimum atomic E-state index is -0.738. The maximum absolute atomic E-state index is 12.5. The molecule has 0 radical (unpaired) electrons. The molecule has 0 saturated heterocycles. The van der Waals surface area contributed by atoms with E-state index in [1.54, 1.807) is 60.1 Å². The second-order valence-corrected chi connectivity index (χ2v) is 6.30. The number of nitrogens with zero attached hydrogens (tertiary/aromatic N) is 1. The molecule has 1 unspecified atom stereocenters. The third-order valence-corrected chi connectivity index (χ3v) is 3.19. The number of anilines is 1. The van der Waals surface area contributed by atoms with Crippen molar-refractivity contribution in [2.75, 3.05) is 26.2 Å². The molecule has 1 aromatic carbocycles. The van der Waals surface area contributed by atoms with Gasteiger partial charge in [-0.15, -0.1) is 0 Å². The van der Waals surface area contributed by atoms with Gasteiger partial charge in [-0.3, -0.25) is 4.79 Å². The first-order chi connectivity index (χ1) is 11.1. The molecule has 0 fully saturated rings. The smallest absolute Gasteiger partial charge is 0.408 e. The van der Waals surface area contributed by atoms with Crippen LogP contribution in [0.4, 0.5) is 10.5 Å². The van der Waals surface area contributed by atoms with Gasteiger partial charge in [0, 0.05) is 20.2 Å². The van der Waals surface area contributed by atoms with Gasteiger partial charge >= 0.3 is 6.09 Å². The number of rotatable bonds is 5. The zero-order valence-corrected chi connectivity index (χ0v) is 15.3. The third-order valence-electron chi connectivity index (χ3n) is 3.19. The Kier molecular flexibility index (Phi) is 6.45. The molecule has 0 heterocycles. The minimum Gasteiger partial charge on any atom is -0.493 e. The molecule has 0 spiro atoms. The van der Waals surface area contributed by atoms with Crippen LogP contribution in [0.15, 0.2) is 18.2 Å². The predicted molar refractivity (Wildman–Crippen MR) is 93.9 cm³/mol. The average molecular weight is 340 g/mol. The summed E-state index contributed by atoms with van der Waals surface area (Å²) < 4.78 is 15.6. The third kappa shape index (κ3) is 5.33. The molecule has 1 atom stereocenters. The van der Waals surface area contributed by atoms with E-state index in [0.29, 0.717) is 17.2 Å². The van der Waals surface area contributed by atoms with Crippen LogP contribution >= 0.6 is 0 Å². The summed E-state index contributed by atoms with van der Waals surface area (Å²) in [6.45, 7) is 6.88. The van der Waals surface area contributed by atoms with Gasteiger partial charge in [-0.2, -0.15) is 0 Å². The molecular weight excluding hydrogens is 312 g/mol. The molecule has 0 aliphatic carbocycles. The van der Waals surface area contributed by atoms with Crippen molar-refractivity contribution >= 4 is 17.7 Å². The Morgan fingerprint density at radius 2 is 1.75 bits per heavy atom. The number of benzene rings is 1. The highest BCUT2D eigenvalue weighted by Crippen LogP contribution is 2.31. The van der Waals surface area contributed by atoms with Crippen LogP contribution in [-0.2, 0) is 9.53 Å². The molecule has 0 aliphatic rings. The van der Waals surface area contributed by atoms with Crippen LogP contribution in [0.5, 0.6) is 11.5 Å². The summed E-state index contributed by atoms with van der Waals surface area (Å²) in [5, 5.41) is 2.53. The summed E-state index contributed by atoms with van der Waals surface area (Å²) in [5.74, 6) is 0.803. The van der Waals surface area contributed by atoms with Crippen molar-refractivity contribution in [2.45, 2.75) is 39.3 Å². The van der Waals surface area contributed by atoms with Gasteiger partial charge in [-0.25, -0.2) is 4.79 Å². The molecule has 2 amide bonds. The topological polar surface area (TPSA) is 77.1 Å². The number of nitrogens with one attached hydrogen (secondary N) is 1. The fourth-order valence-electron chi connectivity index (χ4n) is 2.00. The number of amides is 2. The zero-order valence-electron chi connectivity index (χ0n) is 15.3. The summed E-state index contributed by atoms with van der Waals surface area (Å²) >= 11 is 0. The molecule has 1 N–H and O–H groups in total. The molecule has 0 bridgehead atoms. The van der Waals surface area contributed by atoms with Crippen LogP contribution in [0.2, 0.25) is 0 Å². The maximum Gasteiger partial charge on any atom is 0.408 e. The quantitative estimate of drug-likeness (QED) is 0.892. The minimum absolute atomic E-state index is 0. The highest BCUT2D eigenvalue weighted by molar-refractivity contribution is 5.98. The molecule has 0 saturated carbocycles. The number of carbonyl (C=O) groups is 2. The Balaban J connectivity index is 0.00000576. The summed E-state index contributed by atoms with van der Waals surface area (Å²) in [7, 11) is 4.69. The van der Waals surface area contributed by atoms with Gasteiger partial charge in [0.2, 0.25) is 5.91 Å². The maximum atomic E-state index is 12.5. The van der Waals surface area contributed by atoms with Crippen LogP contribution < -0.4 is 19.7 Å². The van der Waals surface area contributed by atoms with Crippen LogP contribution in [0, 0.1) is 0 Å². The van der Waals surface area contributed by atoms with Crippen molar-refractivity contribution in [1.82, 2.24) is 5.32 Å². The van der Waals surface area contributed by atoms with Crippen LogP contribution in [0.1, 0.15) is 29.1 Å². The zero-order chi connectivity index (χ0) is 18.5. The van der Waals surface area contributed by atoms with Crippen LogP contribution in [-0.4, -0.2) is 44.9 Å². The van der Waals surface area contributed by atoms with Gasteiger partial charge in [0.25, 0.3) is 0 Å². The lowest BCUT2D eigenvalue weighted by Gasteiger charge is -2.25. The van der Waals surface area contributed by atoms with E-state index in [-0.39, 0.29) is 7.33 Å². The van der Waals surface area contributed by atoms with Gasteiger partial charge in [-0.1, -0.05) is 0 Å². The normalized spacial score (nSPS) is 12.1. The highest BCUT2D eigenvalue weighted by Gasteiger charge is 2.24. The molecule has 1 rings (SSSR count). The van der Waals surface area contributed by atoms with Crippen molar-refractivity contribution < 1.29 is 25.2 Å². The Hall–Kier alpha value is -2.44. The van der Waals surface area contributed by atoms with Crippen LogP contribution in [0.3, 0.4) is 0 Å². The van der Waals surface area contributed by atoms with Gasteiger partial charge in [-0.05, 0) is 39.8 Å². The average Bonchev–Trinajstić information content (AvgIpc) is 2.50. The standard InChI is InChI=1S/C17H26N2O5.H2/c1-11(18-16(21)24-17(2,3)4)15(20)19(5)12-8-9-13(22-6)14(10-12)23-7;/h8-11H,1-7H3,(H,18,21);1H. The SMILES string of the molecule is COc1ccc(N(C)C(=O)C(C)NC(=O)OC(C)(C)C)cc1OC.[HH]. The molecule has 136 valence electrons. The summed E-state index contributed by atoms with van der Waals surface area (Å²) in [5.41, 5.74) is -0.00209. The highest BCUT2D eigenvalue weighted by atomic mass is 16.6. The van der Waals surface area contributed by atoms with E-state index in [1.165, 1.54) is 12.0 Å². The molecule has 0 aliphatic heterocycles. The second-order valence-electron chi connectivity index (χ2n) is 6.30. The number of likely N-dealkylation sites (N-methyl/N-ethyl adjacent to an activating group) is 1. The van der Waals surface area contributed by atoms with Crippen molar-refractivity contribution in [3.8, 4) is 11.5 Å². The summed E-state index contributed by atoms with van der Waals surface area (Å²) in [6, 6.07) is 4.40. The van der Waals surface area contributed by atoms with E-state index < -0.39 is 17.7 Å². The van der Waals surface area contributed by atoms with Crippen molar-refractivity contribution in [3.05, 3.63) is 18.2 Å². The van der Waals surface area contributed by atoms with E-state index in [2.05, 4.69) is 5.32 Å². The van der Waals surface area contributed by atoms with E-state index >= 15 is 0 Å². The van der Waals surface area contributed by atoms with Crippen molar-refractivity contribution in [3.63, 3.8) is 0 Å². The summed E-state index contributed by atoms with van der Waals surface area (Å²) in [6.07, 6.45) is -0.635. The molecule has 24 heavy (non-hydrogen) atoms. The molecule has 7 heteroatoms. The number of alkyl carbamates (subject to hydrolysis) is 1. The first kappa shape index (κ1) is 19.6. The van der Waals surface area contributed by atoms with Crippen molar-refractivity contribution in [2.24, 2.45) is 0 Å². The Bertz CT molecular complexity index is 601. The molecule has 0 aromatic heterocycles. The number of hydrogen-bond acceptors (Lipinski definition) is 5. The first-order valence-corrected chi connectivity index (χ1v) is 7.58. The van der Waals surface area contributed by atoms with Gasteiger partial charge in [0.15, 0.2) is 11.5 Å². The van der Waals surface area contributed by atoms with Gasteiger partial charge in [0.1, 0.15) is 11.6 Å². The predicted octanol–water partition coefficient (Wildman–Crippen LogP) is 2.83. The number of methoxy groups -OCH3 is 2. The fraction of sp³-hybridized carbons (Fsp3) is 0.529. The lowest BCUT2D eigenvalue weighted by Crippen LogP contribution is -2.47. The molecular formula is C17H28N2O5. The second kappa shape index (κ2) is 7.90. The number of hydrogen-bond donors (Lipinski definition) is 1. The van der Waals surface area contributed by atoms with E-state index in [4.69, 9.17) is 14.2 Å². The first-order valence-electron chi connectivity index (χ1n) is 7.58. The van der Waals surface area contributed by atoms with Gasteiger partial charge in [0.05, 0.1) is 14.2 Å². The van der Waals surface area contributed by atoms with E-state index in [9.17, 15) is 9.59 Å². The van der Waals surface area contributed by atoms with E-state index in [0.717, 1.165) is 0 Å².